The van der Waals surface area contributed by atoms with Crippen molar-refractivity contribution in [2.75, 3.05) is 17.7 Å². The van der Waals surface area contributed by atoms with Crippen LogP contribution in [0.4, 0.5) is 5.69 Å². The SMILES string of the molecule is CCn1c(SCC(=O)Nc2ccc(Br)cc2Cl)nnc1-c1ccc(OCC(C)C)cc1. The van der Waals surface area contributed by atoms with Crippen LogP contribution in [0.3, 0.4) is 0 Å². The largest absolute Gasteiger partial charge is 0.493 e. The summed E-state index contributed by atoms with van der Waals surface area (Å²) in [6.45, 7) is 7.63. The first-order chi connectivity index (χ1) is 14.9. The van der Waals surface area contributed by atoms with Crippen LogP contribution in [0, 0.1) is 5.92 Å². The number of carbonyl (C=O) groups is 1. The molecular formula is C22H24BrClN4O2S. The number of nitrogens with zero attached hydrogens (tertiary/aromatic N) is 3. The molecule has 0 radical (unpaired) electrons. The van der Waals surface area contributed by atoms with Crippen LogP contribution in [0.2, 0.25) is 5.02 Å². The van der Waals surface area contributed by atoms with E-state index in [1.54, 1.807) is 12.1 Å². The topological polar surface area (TPSA) is 69.0 Å². The van der Waals surface area contributed by atoms with Gasteiger partial charge in [-0.25, -0.2) is 0 Å². The molecule has 3 aromatic rings. The Morgan fingerprint density at radius 3 is 2.61 bits per heavy atom. The predicted octanol–water partition coefficient (Wildman–Crippen LogP) is 6.15. The number of aromatic nitrogens is 3. The Labute approximate surface area is 199 Å². The van der Waals surface area contributed by atoms with Crippen LogP contribution in [-0.2, 0) is 11.3 Å². The number of hydrogen-bond donors (Lipinski definition) is 1. The molecule has 1 aromatic heterocycles. The smallest absolute Gasteiger partial charge is 0.234 e. The number of anilines is 1. The van der Waals surface area contributed by atoms with Gasteiger partial charge >= 0.3 is 0 Å². The van der Waals surface area contributed by atoms with Crippen LogP contribution in [0.15, 0.2) is 52.1 Å². The molecule has 1 heterocycles. The van der Waals surface area contributed by atoms with Gasteiger partial charge in [0.15, 0.2) is 11.0 Å². The van der Waals surface area contributed by atoms with Crippen LogP contribution in [-0.4, -0.2) is 33.0 Å². The van der Waals surface area contributed by atoms with Crippen LogP contribution in [0.5, 0.6) is 5.75 Å². The van der Waals surface area contributed by atoms with E-state index in [1.807, 2.05) is 41.8 Å². The fourth-order valence-corrected chi connectivity index (χ4v) is 4.29. The number of ether oxygens (including phenoxy) is 1. The maximum absolute atomic E-state index is 12.4. The van der Waals surface area contributed by atoms with Crippen LogP contribution in [0.25, 0.3) is 11.4 Å². The second-order valence-electron chi connectivity index (χ2n) is 7.24. The number of amides is 1. The number of benzene rings is 2. The average Bonchev–Trinajstić information content (AvgIpc) is 3.16. The third kappa shape index (κ3) is 6.48. The maximum Gasteiger partial charge on any atom is 0.234 e. The zero-order valence-electron chi connectivity index (χ0n) is 17.6. The van der Waals surface area contributed by atoms with Crippen LogP contribution in [0.1, 0.15) is 20.8 Å². The van der Waals surface area contributed by atoms with Crippen molar-refractivity contribution in [1.29, 1.82) is 0 Å². The van der Waals surface area contributed by atoms with Gasteiger partial charge in [0.25, 0.3) is 0 Å². The quantitative estimate of drug-likeness (QED) is 0.341. The fourth-order valence-electron chi connectivity index (χ4n) is 2.76. The summed E-state index contributed by atoms with van der Waals surface area (Å²) in [7, 11) is 0. The molecule has 31 heavy (non-hydrogen) atoms. The van der Waals surface area contributed by atoms with E-state index in [-0.39, 0.29) is 11.7 Å². The van der Waals surface area contributed by atoms with Crippen LogP contribution >= 0.6 is 39.3 Å². The predicted molar refractivity (Wildman–Crippen MR) is 130 cm³/mol. The van der Waals surface area contributed by atoms with Gasteiger partial charge in [0.05, 0.1) is 23.1 Å². The lowest BCUT2D eigenvalue weighted by Gasteiger charge is -2.10. The summed E-state index contributed by atoms with van der Waals surface area (Å²) in [5, 5.41) is 12.6. The van der Waals surface area contributed by atoms with E-state index in [0.29, 0.717) is 34.9 Å². The van der Waals surface area contributed by atoms with E-state index in [1.165, 1.54) is 11.8 Å². The number of carbonyl (C=O) groups excluding carboxylic acids is 1. The minimum Gasteiger partial charge on any atom is -0.493 e. The van der Waals surface area contributed by atoms with Gasteiger partial charge in [-0.15, -0.1) is 10.2 Å². The molecule has 9 heteroatoms. The third-order valence-electron chi connectivity index (χ3n) is 4.27. The molecule has 0 aliphatic carbocycles. The summed E-state index contributed by atoms with van der Waals surface area (Å²) in [5.74, 6) is 2.11. The molecule has 0 spiro atoms. The second kappa shape index (κ2) is 11.0. The molecule has 6 nitrogen and oxygen atoms in total. The molecular weight excluding hydrogens is 500 g/mol. The standard InChI is InChI=1S/C22H24BrClN4O2S/c1-4-28-21(15-5-8-17(9-6-15)30-12-14(2)3)26-27-22(28)31-13-20(29)25-19-10-7-16(23)11-18(19)24/h5-11,14H,4,12-13H2,1-3H3,(H,25,29). The molecule has 3 rings (SSSR count). The van der Waals surface area contributed by atoms with E-state index in [2.05, 4.69) is 45.3 Å². The number of thioether (sulfide) groups is 1. The first kappa shape index (κ1) is 23.6. The Kier molecular flexibility index (Phi) is 8.40. The number of halogens is 2. The van der Waals surface area contributed by atoms with Crippen molar-refractivity contribution in [1.82, 2.24) is 14.8 Å². The van der Waals surface area contributed by atoms with E-state index in [0.717, 1.165) is 21.6 Å². The highest BCUT2D eigenvalue weighted by Gasteiger charge is 2.15. The van der Waals surface area contributed by atoms with E-state index >= 15 is 0 Å². The molecule has 0 aliphatic heterocycles. The van der Waals surface area contributed by atoms with Gasteiger partial charge in [-0.1, -0.05) is 53.1 Å². The molecule has 0 saturated heterocycles. The molecule has 2 aromatic carbocycles. The highest BCUT2D eigenvalue weighted by molar-refractivity contribution is 9.10. The summed E-state index contributed by atoms with van der Waals surface area (Å²) < 4.78 is 8.59. The van der Waals surface area contributed by atoms with Crippen LogP contribution < -0.4 is 10.1 Å². The number of nitrogens with one attached hydrogen (secondary N) is 1. The Balaban J connectivity index is 1.65. The summed E-state index contributed by atoms with van der Waals surface area (Å²) in [6.07, 6.45) is 0. The van der Waals surface area contributed by atoms with Crippen molar-refractivity contribution < 1.29 is 9.53 Å². The Morgan fingerprint density at radius 2 is 1.97 bits per heavy atom. The maximum atomic E-state index is 12.4. The van der Waals surface area contributed by atoms with Gasteiger partial charge < -0.3 is 14.6 Å². The minimum atomic E-state index is -0.159. The van der Waals surface area contributed by atoms with Crippen molar-refractivity contribution in [3.8, 4) is 17.1 Å². The summed E-state index contributed by atoms with van der Waals surface area (Å²) in [4.78, 5) is 12.4. The minimum absolute atomic E-state index is 0.159. The van der Waals surface area contributed by atoms with E-state index in [9.17, 15) is 4.79 Å². The zero-order valence-corrected chi connectivity index (χ0v) is 20.7. The molecule has 0 bridgehead atoms. The van der Waals surface area contributed by atoms with Crippen molar-refractivity contribution in [2.45, 2.75) is 32.5 Å². The lowest BCUT2D eigenvalue weighted by atomic mass is 10.2. The van der Waals surface area contributed by atoms with Gasteiger partial charge in [-0.3, -0.25) is 4.79 Å². The number of rotatable bonds is 9. The van der Waals surface area contributed by atoms with E-state index in [4.69, 9.17) is 16.3 Å². The summed E-state index contributed by atoms with van der Waals surface area (Å²) >= 11 is 10.9. The first-order valence-corrected chi connectivity index (χ1v) is 12.1. The monoisotopic (exact) mass is 522 g/mol. The van der Waals surface area contributed by atoms with Gasteiger partial charge in [0.1, 0.15) is 5.75 Å². The zero-order chi connectivity index (χ0) is 22.4. The van der Waals surface area contributed by atoms with E-state index < -0.39 is 0 Å². The average molecular weight is 524 g/mol. The molecule has 0 fully saturated rings. The molecule has 1 N–H and O–H groups in total. The lowest BCUT2D eigenvalue weighted by molar-refractivity contribution is -0.113. The molecule has 164 valence electrons. The highest BCUT2D eigenvalue weighted by atomic mass is 79.9. The number of hydrogen-bond acceptors (Lipinski definition) is 5. The second-order valence-corrected chi connectivity index (χ2v) is 9.51. The Morgan fingerprint density at radius 1 is 1.23 bits per heavy atom. The normalized spacial score (nSPS) is 11.0. The lowest BCUT2D eigenvalue weighted by Crippen LogP contribution is -2.15. The first-order valence-electron chi connectivity index (χ1n) is 9.91. The summed E-state index contributed by atoms with van der Waals surface area (Å²) in [6, 6.07) is 13.2. The van der Waals surface area contributed by atoms with Gasteiger partial charge in [0, 0.05) is 16.6 Å². The molecule has 0 aliphatic rings. The Bertz CT molecular complexity index is 1040. The van der Waals surface area contributed by atoms with Crippen molar-refractivity contribution >= 4 is 50.9 Å². The van der Waals surface area contributed by atoms with Gasteiger partial charge in [-0.05, 0) is 55.3 Å². The fraction of sp³-hybridized carbons (Fsp3) is 0.318. The van der Waals surface area contributed by atoms with Crippen molar-refractivity contribution in [2.24, 2.45) is 5.92 Å². The molecule has 1 amide bonds. The highest BCUT2D eigenvalue weighted by Crippen LogP contribution is 2.28. The van der Waals surface area contributed by atoms with Crippen molar-refractivity contribution in [3.05, 3.63) is 52.0 Å². The molecule has 0 unspecified atom stereocenters. The third-order valence-corrected chi connectivity index (χ3v) is 6.04. The summed E-state index contributed by atoms with van der Waals surface area (Å²) in [5.41, 5.74) is 1.53. The van der Waals surface area contributed by atoms with Crippen molar-refractivity contribution in [3.63, 3.8) is 0 Å². The van der Waals surface area contributed by atoms with Gasteiger partial charge in [-0.2, -0.15) is 0 Å². The Hall–Kier alpha value is -2.03. The molecule has 0 saturated carbocycles. The van der Waals surface area contributed by atoms with Gasteiger partial charge in [0.2, 0.25) is 5.91 Å². The molecule has 0 atom stereocenters.